The number of nitrogens with two attached hydrogens (primary N) is 1. The normalized spacial score (nSPS) is 9.80. The van der Waals surface area contributed by atoms with E-state index in [-0.39, 0.29) is 5.69 Å². The van der Waals surface area contributed by atoms with Crippen LogP contribution in [0, 0.1) is 6.92 Å². The number of carbonyl (C=O) groups is 1. The van der Waals surface area contributed by atoms with Crippen molar-refractivity contribution in [2.24, 2.45) is 5.73 Å². The lowest BCUT2D eigenvalue weighted by molar-refractivity contribution is 0.0995. The van der Waals surface area contributed by atoms with E-state index in [9.17, 15) is 4.79 Å². The molecule has 0 spiro atoms. The van der Waals surface area contributed by atoms with Crippen LogP contribution in [-0.2, 0) is 0 Å². The molecule has 0 saturated carbocycles. The number of hydrogen-bond donors (Lipinski definition) is 1. The van der Waals surface area contributed by atoms with Crippen LogP contribution in [0.2, 0.25) is 0 Å². The summed E-state index contributed by atoms with van der Waals surface area (Å²) in [6.07, 6.45) is 0. The Hall–Kier alpha value is -1.03. The van der Waals surface area contributed by atoms with Crippen LogP contribution in [0.4, 0.5) is 0 Å². The van der Waals surface area contributed by atoms with Gasteiger partial charge in [0.15, 0.2) is 5.69 Å². The van der Waals surface area contributed by atoms with Gasteiger partial charge in [-0.3, -0.25) is 4.79 Å². The second-order valence-corrected chi connectivity index (χ2v) is 2.22. The molecule has 10 heavy (non-hydrogen) atoms. The Balaban J connectivity index is 3.10. The van der Waals surface area contributed by atoms with Crippen LogP contribution in [0.5, 0.6) is 0 Å². The fraction of sp³-hybridized carbons (Fsp3) is 0.200. The van der Waals surface area contributed by atoms with Gasteiger partial charge in [0, 0.05) is 11.8 Å². The van der Waals surface area contributed by atoms with E-state index in [1.807, 2.05) is 0 Å². The van der Waals surface area contributed by atoms with Crippen LogP contribution < -0.4 is 5.73 Å². The summed E-state index contributed by atoms with van der Waals surface area (Å²) in [6, 6.07) is 1.52. The second-order valence-electron chi connectivity index (χ2n) is 1.90. The van der Waals surface area contributed by atoms with Crippen molar-refractivity contribution >= 4 is 17.7 Å². The summed E-state index contributed by atoms with van der Waals surface area (Å²) in [6.45, 7) is 1.73. The highest BCUT2D eigenvalue weighted by Crippen LogP contribution is 2.02. The van der Waals surface area contributed by atoms with Gasteiger partial charge in [-0.15, -0.1) is 0 Å². The Kier molecular flexibility index (Phi) is 1.63. The van der Waals surface area contributed by atoms with E-state index in [2.05, 4.69) is 5.10 Å². The van der Waals surface area contributed by atoms with Crippen molar-refractivity contribution in [3.05, 3.63) is 17.5 Å². The third-order valence-corrected chi connectivity index (χ3v) is 1.43. The second kappa shape index (κ2) is 2.30. The van der Waals surface area contributed by atoms with E-state index in [1.165, 1.54) is 6.07 Å². The number of carbonyl (C=O) groups excluding carboxylic acids is 1. The van der Waals surface area contributed by atoms with Crippen molar-refractivity contribution in [3.63, 3.8) is 0 Å². The highest BCUT2D eigenvalue weighted by molar-refractivity contribution is 6.15. The molecule has 0 unspecified atom stereocenters. The van der Waals surface area contributed by atoms with Crippen LogP contribution in [0.3, 0.4) is 0 Å². The first kappa shape index (κ1) is 7.08. The zero-order chi connectivity index (χ0) is 7.72. The standard InChI is InChI=1S/C5H6ClN3O/c1-3-2-4(5(7)10)8-9(3)6/h2H,1H3,(H2,7,10). The number of amides is 1. The minimum absolute atomic E-state index is 0.188. The SMILES string of the molecule is Cc1cc(C(N)=O)nn1Cl. The van der Waals surface area contributed by atoms with E-state index >= 15 is 0 Å². The largest absolute Gasteiger partial charge is 0.364 e. The fourth-order valence-corrected chi connectivity index (χ4v) is 0.704. The Morgan fingerprint density at radius 3 is 2.70 bits per heavy atom. The zero-order valence-corrected chi connectivity index (χ0v) is 6.09. The van der Waals surface area contributed by atoms with Crippen molar-refractivity contribution in [1.29, 1.82) is 0 Å². The molecular formula is C5H6ClN3O. The van der Waals surface area contributed by atoms with Crippen LogP contribution in [0.25, 0.3) is 0 Å². The molecule has 0 aliphatic rings. The predicted molar refractivity (Wildman–Crippen MR) is 36.7 cm³/mol. The van der Waals surface area contributed by atoms with Gasteiger partial charge in [-0.25, -0.2) is 0 Å². The molecule has 2 N–H and O–H groups in total. The fourth-order valence-electron chi connectivity index (χ4n) is 0.574. The zero-order valence-electron chi connectivity index (χ0n) is 5.34. The molecule has 0 fully saturated rings. The number of hydrogen-bond acceptors (Lipinski definition) is 2. The number of aryl methyl sites for hydroxylation is 1. The van der Waals surface area contributed by atoms with Gasteiger partial charge in [-0.2, -0.15) is 9.30 Å². The lowest BCUT2D eigenvalue weighted by atomic mass is 10.4. The van der Waals surface area contributed by atoms with Gasteiger partial charge in [0.05, 0.1) is 5.69 Å². The monoisotopic (exact) mass is 159 g/mol. The highest BCUT2D eigenvalue weighted by Gasteiger charge is 2.06. The van der Waals surface area contributed by atoms with Gasteiger partial charge in [-0.05, 0) is 13.0 Å². The van der Waals surface area contributed by atoms with E-state index in [0.717, 1.165) is 4.20 Å². The minimum atomic E-state index is -0.567. The molecule has 1 aromatic rings. The van der Waals surface area contributed by atoms with E-state index in [0.29, 0.717) is 5.69 Å². The van der Waals surface area contributed by atoms with E-state index < -0.39 is 5.91 Å². The number of primary amides is 1. The summed E-state index contributed by atoms with van der Waals surface area (Å²) >= 11 is 5.47. The van der Waals surface area contributed by atoms with Crippen LogP contribution in [-0.4, -0.2) is 15.2 Å². The van der Waals surface area contributed by atoms with Crippen molar-refractivity contribution in [1.82, 2.24) is 9.30 Å². The molecule has 1 heterocycles. The highest BCUT2D eigenvalue weighted by atomic mass is 35.5. The molecule has 0 bridgehead atoms. The van der Waals surface area contributed by atoms with Gasteiger partial charge >= 0.3 is 0 Å². The Morgan fingerprint density at radius 1 is 1.90 bits per heavy atom. The molecule has 0 atom stereocenters. The average molecular weight is 160 g/mol. The molecule has 1 rings (SSSR count). The van der Waals surface area contributed by atoms with Crippen molar-refractivity contribution in [3.8, 4) is 0 Å². The summed E-state index contributed by atoms with van der Waals surface area (Å²) in [4.78, 5) is 10.5. The Bertz CT molecular complexity index is 248. The molecular weight excluding hydrogens is 154 g/mol. The molecule has 0 radical (unpaired) electrons. The molecule has 0 aromatic carbocycles. The maximum atomic E-state index is 10.5. The smallest absolute Gasteiger partial charge is 0.269 e. The number of aromatic nitrogens is 2. The summed E-state index contributed by atoms with van der Waals surface area (Å²) in [5.41, 5.74) is 5.80. The van der Waals surface area contributed by atoms with E-state index in [4.69, 9.17) is 17.5 Å². The van der Waals surface area contributed by atoms with E-state index in [1.54, 1.807) is 6.92 Å². The molecule has 1 amide bonds. The lowest BCUT2D eigenvalue weighted by Gasteiger charge is -1.83. The van der Waals surface area contributed by atoms with Gasteiger partial charge < -0.3 is 5.73 Å². The molecule has 54 valence electrons. The van der Waals surface area contributed by atoms with Crippen molar-refractivity contribution < 1.29 is 4.79 Å². The van der Waals surface area contributed by atoms with Gasteiger partial charge in [0.25, 0.3) is 5.91 Å². The van der Waals surface area contributed by atoms with Crippen molar-refractivity contribution in [2.45, 2.75) is 6.92 Å². The topological polar surface area (TPSA) is 60.9 Å². The number of nitrogens with zero attached hydrogens (tertiary/aromatic N) is 2. The van der Waals surface area contributed by atoms with Crippen LogP contribution in [0.1, 0.15) is 16.2 Å². The van der Waals surface area contributed by atoms with Crippen LogP contribution in [0.15, 0.2) is 6.07 Å². The van der Waals surface area contributed by atoms with Crippen LogP contribution >= 0.6 is 11.8 Å². The first-order valence-electron chi connectivity index (χ1n) is 2.64. The summed E-state index contributed by atoms with van der Waals surface area (Å²) in [7, 11) is 0. The number of rotatable bonds is 1. The maximum Gasteiger partial charge on any atom is 0.269 e. The summed E-state index contributed by atoms with van der Waals surface area (Å²) < 4.78 is 1.08. The summed E-state index contributed by atoms with van der Waals surface area (Å²) in [5, 5.41) is 3.62. The Labute approximate surface area is 62.7 Å². The first-order chi connectivity index (χ1) is 4.61. The maximum absolute atomic E-state index is 10.5. The average Bonchev–Trinajstić information content (AvgIpc) is 2.13. The van der Waals surface area contributed by atoms with Gasteiger partial charge in [0.1, 0.15) is 0 Å². The minimum Gasteiger partial charge on any atom is -0.364 e. The van der Waals surface area contributed by atoms with Gasteiger partial charge in [0.2, 0.25) is 0 Å². The molecule has 5 heteroatoms. The van der Waals surface area contributed by atoms with Crippen molar-refractivity contribution in [2.75, 3.05) is 0 Å². The van der Waals surface area contributed by atoms with Gasteiger partial charge in [-0.1, -0.05) is 0 Å². The number of halogens is 1. The molecule has 0 aliphatic carbocycles. The molecule has 4 nitrogen and oxygen atoms in total. The molecule has 0 saturated heterocycles. The third kappa shape index (κ3) is 1.11. The predicted octanol–water partition coefficient (Wildman–Crippen LogP) is 0.292. The quantitative estimate of drug-likeness (QED) is 0.641. The summed E-state index contributed by atoms with van der Waals surface area (Å²) in [5.74, 6) is -0.567. The third-order valence-electron chi connectivity index (χ3n) is 1.08. The molecule has 0 aliphatic heterocycles. The molecule has 1 aromatic heterocycles. The Morgan fingerprint density at radius 2 is 2.50 bits per heavy atom. The first-order valence-corrected chi connectivity index (χ1v) is 2.97. The lowest BCUT2D eigenvalue weighted by Crippen LogP contribution is -2.11.